The second-order valence-electron chi connectivity index (χ2n) is 12.4. The van der Waals surface area contributed by atoms with Crippen molar-refractivity contribution < 1.29 is 4.79 Å². The highest BCUT2D eigenvalue weighted by atomic mass is 16.1. The van der Waals surface area contributed by atoms with Crippen molar-refractivity contribution in [1.82, 2.24) is 19.5 Å². The Morgan fingerprint density at radius 2 is 1.48 bits per heavy atom. The van der Waals surface area contributed by atoms with Crippen LogP contribution in [0.4, 0.5) is 0 Å². The number of imidazole rings is 1. The van der Waals surface area contributed by atoms with Gasteiger partial charge >= 0.3 is 0 Å². The number of Topliss-reactive ketones (excluding diaryl/α,β-unsaturated/α-hetero) is 1. The zero-order valence-corrected chi connectivity index (χ0v) is 38.3. The lowest BCUT2D eigenvalue weighted by atomic mass is 9.79. The fourth-order valence-electron chi connectivity index (χ4n) is 6.24. The Hall–Kier alpha value is -3.46. The molecule has 1 fully saturated rings. The number of ketones is 1. The zero-order valence-electron chi connectivity index (χ0n) is 38.3. The van der Waals surface area contributed by atoms with E-state index in [1.165, 1.54) is 43.0 Å². The topological polar surface area (TPSA) is 119 Å². The number of rotatable bonds is 15. The van der Waals surface area contributed by atoms with Crippen LogP contribution in [0.1, 0.15) is 164 Å². The Balaban J connectivity index is -0.000000949. The number of piperidine rings is 1. The summed E-state index contributed by atoms with van der Waals surface area (Å²) in [4.78, 5) is 20.9. The zero-order chi connectivity index (χ0) is 42.8. The number of likely N-dealkylation sites (tertiary alicyclic amines) is 1. The van der Waals surface area contributed by atoms with Crippen molar-refractivity contribution in [2.45, 2.75) is 162 Å². The van der Waals surface area contributed by atoms with E-state index in [2.05, 4.69) is 60.4 Å². The van der Waals surface area contributed by atoms with Gasteiger partial charge in [-0.05, 0) is 93.8 Å². The van der Waals surface area contributed by atoms with Gasteiger partial charge < -0.3 is 21.0 Å². The molecule has 8 nitrogen and oxygen atoms in total. The van der Waals surface area contributed by atoms with Gasteiger partial charge in [-0.1, -0.05) is 145 Å². The van der Waals surface area contributed by atoms with Crippen LogP contribution in [0.5, 0.6) is 0 Å². The smallest absolute Gasteiger partial charge is 0.140 e. The monoisotopic (exact) mass is 782 g/mol. The molecule has 1 aliphatic heterocycles. The maximum absolute atomic E-state index is 13.6. The Bertz CT molecular complexity index is 1330. The van der Waals surface area contributed by atoms with Crippen LogP contribution in [0.25, 0.3) is 0 Å². The van der Waals surface area contributed by atoms with Crippen molar-refractivity contribution in [2.24, 2.45) is 29.1 Å². The van der Waals surface area contributed by atoms with E-state index in [1.807, 2.05) is 113 Å². The van der Waals surface area contributed by atoms with E-state index in [-0.39, 0.29) is 25.0 Å². The first-order valence-corrected chi connectivity index (χ1v) is 21.7. The van der Waals surface area contributed by atoms with E-state index >= 15 is 0 Å². The third kappa shape index (κ3) is 22.3. The third-order valence-electron chi connectivity index (χ3n) is 9.37. The molecule has 2 heterocycles. The minimum atomic E-state index is -0.154. The summed E-state index contributed by atoms with van der Waals surface area (Å²) in [5.74, 6) is 8.09. The van der Waals surface area contributed by atoms with Gasteiger partial charge in [-0.2, -0.15) is 0 Å². The Morgan fingerprint density at radius 1 is 0.911 bits per heavy atom. The van der Waals surface area contributed by atoms with Gasteiger partial charge in [-0.25, -0.2) is 10.8 Å². The normalized spacial score (nSPS) is 13.1. The molecule has 8 heteroatoms. The molecule has 324 valence electrons. The van der Waals surface area contributed by atoms with Crippen LogP contribution in [0.2, 0.25) is 0 Å². The number of hydrogen-bond donors (Lipinski definition) is 3. The molecule has 1 aliphatic rings. The highest BCUT2D eigenvalue weighted by molar-refractivity contribution is 5.83. The van der Waals surface area contributed by atoms with E-state index in [0.29, 0.717) is 19.4 Å². The van der Waals surface area contributed by atoms with E-state index in [4.69, 9.17) is 16.6 Å². The largest absolute Gasteiger partial charge is 0.401 e. The third-order valence-corrected chi connectivity index (χ3v) is 9.37. The van der Waals surface area contributed by atoms with Gasteiger partial charge in [0.15, 0.2) is 0 Å². The van der Waals surface area contributed by atoms with Gasteiger partial charge in [0.25, 0.3) is 0 Å². The number of hydrazine groups is 1. The molecule has 0 saturated carbocycles. The molecule has 0 spiro atoms. The predicted octanol–water partition coefficient (Wildman–Crippen LogP) is 11.5. The lowest BCUT2D eigenvalue weighted by Crippen LogP contribution is -2.34. The minimum absolute atomic E-state index is 0. The van der Waals surface area contributed by atoms with Crippen molar-refractivity contribution >= 4 is 5.78 Å². The number of aromatic nitrogens is 2. The summed E-state index contributed by atoms with van der Waals surface area (Å²) in [6, 6.07) is 16.7. The Kier molecular flexibility index (Phi) is 40.6. The number of nitrogens with two attached hydrogens (primary N) is 3. The highest BCUT2D eigenvalue weighted by Crippen LogP contribution is 2.33. The molecule has 2 unspecified atom stereocenters. The van der Waals surface area contributed by atoms with Gasteiger partial charge in [0.2, 0.25) is 0 Å². The van der Waals surface area contributed by atoms with Gasteiger partial charge in [0, 0.05) is 49.7 Å². The van der Waals surface area contributed by atoms with Crippen LogP contribution < -0.4 is 17.3 Å². The molecule has 2 aromatic carbocycles. The summed E-state index contributed by atoms with van der Waals surface area (Å²) < 4.78 is 2.29. The number of carbonyl (C=O) groups excluding carboxylic acids is 1. The van der Waals surface area contributed by atoms with Gasteiger partial charge in [-0.3, -0.25) is 9.69 Å². The van der Waals surface area contributed by atoms with E-state index in [1.54, 1.807) is 11.2 Å². The quantitative estimate of drug-likeness (QED) is 0.104. The average molecular weight is 782 g/mol. The number of allylic oxidation sites excluding steroid dienone is 1. The first kappa shape index (κ1) is 59.2. The van der Waals surface area contributed by atoms with Gasteiger partial charge in [-0.15, -0.1) is 0 Å². The predicted molar refractivity (Wildman–Crippen MR) is 250 cm³/mol. The molecule has 1 aromatic heterocycles. The second-order valence-corrected chi connectivity index (χ2v) is 12.4. The summed E-state index contributed by atoms with van der Waals surface area (Å²) in [5.41, 5.74) is 16.3. The maximum Gasteiger partial charge on any atom is 0.140 e. The summed E-state index contributed by atoms with van der Waals surface area (Å²) in [6.07, 6.45) is 11.5. The first-order valence-electron chi connectivity index (χ1n) is 21.7. The SMILES string of the molecule is C.CC.CC.CC.CC.CC.CCC1CCN(Cc2nccn2Cc2cc(C(CC/C(N)=C/N(N)CC)C(C)C(=O)Cc3ccccc3)ccc2C)CC1.CN. The fraction of sp³-hybridized carbons (Fsp3) is 0.625. The van der Waals surface area contributed by atoms with Crippen molar-refractivity contribution in [3.8, 4) is 0 Å². The highest BCUT2D eigenvalue weighted by Gasteiger charge is 2.26. The summed E-state index contributed by atoms with van der Waals surface area (Å²) in [5, 5.41) is 1.60. The average Bonchev–Trinajstić information content (AvgIpc) is 3.69. The molecule has 6 N–H and O–H groups in total. The molecular weight excluding hydrogens is 691 g/mol. The molecule has 4 rings (SSSR count). The van der Waals surface area contributed by atoms with Crippen molar-refractivity contribution in [3.63, 3.8) is 0 Å². The van der Waals surface area contributed by atoms with Crippen LogP contribution in [0.15, 0.2) is 72.8 Å². The van der Waals surface area contributed by atoms with Crippen LogP contribution >= 0.6 is 0 Å². The molecule has 0 amide bonds. The van der Waals surface area contributed by atoms with Crippen LogP contribution in [-0.4, -0.2) is 51.9 Å². The number of hydrogen-bond acceptors (Lipinski definition) is 7. The minimum Gasteiger partial charge on any atom is -0.401 e. The lowest BCUT2D eigenvalue weighted by molar-refractivity contribution is -0.122. The van der Waals surface area contributed by atoms with Gasteiger partial charge in [0.1, 0.15) is 11.6 Å². The van der Waals surface area contributed by atoms with E-state index in [0.717, 1.165) is 55.6 Å². The second kappa shape index (κ2) is 38.4. The standard InChI is InChI=1S/C36H52N6O.5C2H6.CH5N.CH4/c1-5-29-16-19-40(20-17-29)26-36-39-18-21-41(36)24-32-23-31(13-12-27(32)3)34(15-14-33(37)25-42(38)6-2)28(4)35(43)22-30-10-8-7-9-11-30;6*1-2;/h7-13,18,21,23,25,28-29,34H,5-6,14-17,19-20,22,24,26,37-38H2,1-4H3;5*1-2H3;2H2,1H3;1H4/b33-25-;;;;;;;. The molecular formula is C48H91N7O. The maximum atomic E-state index is 13.6. The number of carbonyl (C=O) groups is 1. The van der Waals surface area contributed by atoms with Crippen molar-refractivity contribution in [2.75, 3.05) is 26.7 Å². The van der Waals surface area contributed by atoms with Crippen LogP contribution in [-0.2, 0) is 24.3 Å². The Morgan fingerprint density at radius 3 is 2.02 bits per heavy atom. The molecule has 0 aliphatic carbocycles. The summed E-state index contributed by atoms with van der Waals surface area (Å²) >= 11 is 0. The van der Waals surface area contributed by atoms with E-state index in [9.17, 15) is 4.79 Å². The summed E-state index contributed by atoms with van der Waals surface area (Å²) in [6.45, 7) is 33.2. The molecule has 56 heavy (non-hydrogen) atoms. The van der Waals surface area contributed by atoms with Gasteiger partial charge in [0.05, 0.1) is 6.54 Å². The number of benzene rings is 2. The fourth-order valence-corrected chi connectivity index (χ4v) is 6.24. The van der Waals surface area contributed by atoms with Crippen LogP contribution in [0.3, 0.4) is 0 Å². The Labute approximate surface area is 347 Å². The molecule has 2 atom stereocenters. The van der Waals surface area contributed by atoms with Crippen molar-refractivity contribution in [3.05, 3.63) is 101 Å². The molecule has 0 bridgehead atoms. The number of nitrogens with zero attached hydrogens (tertiary/aromatic N) is 4. The molecule has 0 radical (unpaired) electrons. The van der Waals surface area contributed by atoms with Crippen LogP contribution in [0, 0.1) is 18.8 Å². The van der Waals surface area contributed by atoms with E-state index < -0.39 is 0 Å². The van der Waals surface area contributed by atoms with Crippen molar-refractivity contribution in [1.29, 1.82) is 0 Å². The molecule has 1 saturated heterocycles. The number of aryl methyl sites for hydroxylation is 1. The molecule has 3 aromatic rings. The first-order chi connectivity index (χ1) is 26.8. The lowest BCUT2D eigenvalue weighted by Gasteiger charge is -2.31. The summed E-state index contributed by atoms with van der Waals surface area (Å²) in [7, 11) is 1.50.